The van der Waals surface area contributed by atoms with E-state index in [2.05, 4.69) is 49.3 Å². The van der Waals surface area contributed by atoms with E-state index in [9.17, 15) is 0 Å². The first-order valence-electron chi connectivity index (χ1n) is 9.14. The molecule has 2 heterocycles. The van der Waals surface area contributed by atoms with Crippen LogP contribution in [-0.2, 0) is 13.1 Å². The average molecular weight is 365 g/mol. The largest absolute Gasteiger partial charge is 0.356 e. The maximum absolute atomic E-state index is 4.50. The summed E-state index contributed by atoms with van der Waals surface area (Å²) in [5.41, 5.74) is 2.16. The molecule has 0 radical (unpaired) electrons. The van der Waals surface area contributed by atoms with Gasteiger partial charge in [-0.1, -0.05) is 37.3 Å². The van der Waals surface area contributed by atoms with Crippen LogP contribution in [0, 0.1) is 5.92 Å². The van der Waals surface area contributed by atoms with E-state index in [1.54, 1.807) is 13.2 Å². The Labute approximate surface area is 160 Å². The molecule has 7 heteroatoms. The summed E-state index contributed by atoms with van der Waals surface area (Å²) in [5, 5.41) is 7.69. The Bertz CT molecular complexity index is 836. The number of aromatic nitrogens is 4. The SMILES string of the molecule is CN=C(NCC(C)Cn1cccn1)N(C)Cc1ncc(-c2ccccc2)[nH]1. The molecule has 0 bridgehead atoms. The van der Waals surface area contributed by atoms with E-state index in [0.29, 0.717) is 12.5 Å². The van der Waals surface area contributed by atoms with Gasteiger partial charge in [0, 0.05) is 39.6 Å². The maximum atomic E-state index is 4.50. The minimum absolute atomic E-state index is 0.434. The van der Waals surface area contributed by atoms with Crippen LogP contribution in [0.4, 0.5) is 0 Å². The van der Waals surface area contributed by atoms with Gasteiger partial charge < -0.3 is 15.2 Å². The van der Waals surface area contributed by atoms with Crippen LogP contribution in [0.2, 0.25) is 0 Å². The highest BCUT2D eigenvalue weighted by atomic mass is 15.3. The van der Waals surface area contributed by atoms with E-state index in [0.717, 1.165) is 36.1 Å². The van der Waals surface area contributed by atoms with E-state index < -0.39 is 0 Å². The van der Waals surface area contributed by atoms with Crippen molar-refractivity contribution in [3.8, 4) is 11.3 Å². The standard InChI is InChI=1S/C20H27N7/c1-16(14-27-11-7-10-24-27)12-23-20(21-2)26(3)15-19-22-13-18(25-19)17-8-5-4-6-9-17/h4-11,13,16H,12,14-15H2,1-3H3,(H,21,23)(H,22,25). The lowest BCUT2D eigenvalue weighted by Gasteiger charge is -2.22. The molecule has 2 N–H and O–H groups in total. The summed E-state index contributed by atoms with van der Waals surface area (Å²) in [4.78, 5) is 14.3. The molecule has 0 aliphatic carbocycles. The van der Waals surface area contributed by atoms with Gasteiger partial charge in [0.1, 0.15) is 5.82 Å². The monoisotopic (exact) mass is 365 g/mol. The summed E-state index contributed by atoms with van der Waals surface area (Å²) in [7, 11) is 3.81. The van der Waals surface area contributed by atoms with Gasteiger partial charge in [-0.3, -0.25) is 9.67 Å². The number of imidazole rings is 1. The zero-order valence-corrected chi connectivity index (χ0v) is 16.1. The topological polar surface area (TPSA) is 74.1 Å². The minimum Gasteiger partial charge on any atom is -0.356 e. The van der Waals surface area contributed by atoms with Crippen molar-refractivity contribution < 1.29 is 0 Å². The van der Waals surface area contributed by atoms with Crippen molar-refractivity contribution in [3.05, 3.63) is 60.8 Å². The quantitative estimate of drug-likeness (QED) is 0.499. The van der Waals surface area contributed by atoms with E-state index in [1.807, 2.05) is 48.4 Å². The van der Waals surface area contributed by atoms with Crippen LogP contribution in [0.3, 0.4) is 0 Å². The number of hydrogen-bond acceptors (Lipinski definition) is 3. The van der Waals surface area contributed by atoms with Gasteiger partial charge in [-0.2, -0.15) is 5.10 Å². The van der Waals surface area contributed by atoms with Gasteiger partial charge >= 0.3 is 0 Å². The first-order valence-corrected chi connectivity index (χ1v) is 9.14. The third kappa shape index (κ3) is 5.20. The molecule has 0 amide bonds. The van der Waals surface area contributed by atoms with Gasteiger partial charge in [-0.05, 0) is 17.5 Å². The molecule has 0 saturated carbocycles. The van der Waals surface area contributed by atoms with Gasteiger partial charge in [0.2, 0.25) is 0 Å². The Kier molecular flexibility index (Phi) is 6.25. The van der Waals surface area contributed by atoms with Gasteiger partial charge in [-0.25, -0.2) is 4.98 Å². The Morgan fingerprint density at radius 2 is 2.11 bits per heavy atom. The molecule has 3 rings (SSSR count). The lowest BCUT2D eigenvalue weighted by atomic mass is 10.2. The summed E-state index contributed by atoms with van der Waals surface area (Å²) in [6.45, 7) is 4.55. The second kappa shape index (κ2) is 9.02. The fraction of sp³-hybridized carbons (Fsp3) is 0.350. The average Bonchev–Trinajstić information content (AvgIpc) is 3.35. The molecule has 0 aliphatic heterocycles. The number of guanidine groups is 1. The van der Waals surface area contributed by atoms with Crippen LogP contribution in [0.5, 0.6) is 0 Å². The highest BCUT2D eigenvalue weighted by Crippen LogP contribution is 2.16. The van der Waals surface area contributed by atoms with E-state index >= 15 is 0 Å². The summed E-state index contributed by atoms with van der Waals surface area (Å²) >= 11 is 0. The highest BCUT2D eigenvalue weighted by molar-refractivity contribution is 5.79. The predicted molar refractivity (Wildman–Crippen MR) is 108 cm³/mol. The van der Waals surface area contributed by atoms with Crippen molar-refractivity contribution in [2.24, 2.45) is 10.9 Å². The number of aromatic amines is 1. The van der Waals surface area contributed by atoms with Crippen LogP contribution < -0.4 is 5.32 Å². The molecule has 1 atom stereocenters. The molecule has 0 aliphatic rings. The third-order valence-corrected chi connectivity index (χ3v) is 4.34. The summed E-state index contributed by atoms with van der Waals surface area (Å²) in [6, 6.07) is 12.2. The fourth-order valence-corrected chi connectivity index (χ4v) is 2.95. The predicted octanol–water partition coefficient (Wildman–Crippen LogP) is 2.62. The first kappa shape index (κ1) is 18.7. The van der Waals surface area contributed by atoms with Crippen LogP contribution >= 0.6 is 0 Å². The summed E-state index contributed by atoms with van der Waals surface area (Å²) < 4.78 is 1.95. The number of rotatable bonds is 7. The second-order valence-electron chi connectivity index (χ2n) is 6.73. The van der Waals surface area contributed by atoms with Crippen molar-refractivity contribution in [3.63, 3.8) is 0 Å². The van der Waals surface area contributed by atoms with Crippen LogP contribution in [0.25, 0.3) is 11.3 Å². The Hall–Kier alpha value is -3.09. The minimum atomic E-state index is 0.434. The number of H-pyrrole nitrogens is 1. The number of hydrogen-bond donors (Lipinski definition) is 2. The molecular weight excluding hydrogens is 338 g/mol. The number of benzene rings is 1. The van der Waals surface area contributed by atoms with Crippen molar-refractivity contribution in [1.82, 2.24) is 30.0 Å². The Balaban J connectivity index is 1.53. The number of nitrogens with zero attached hydrogens (tertiary/aromatic N) is 5. The first-order chi connectivity index (χ1) is 13.2. The lowest BCUT2D eigenvalue weighted by Crippen LogP contribution is -2.41. The molecule has 0 fully saturated rings. The molecular formula is C20H27N7. The smallest absolute Gasteiger partial charge is 0.193 e. The molecule has 27 heavy (non-hydrogen) atoms. The molecule has 2 aromatic heterocycles. The maximum Gasteiger partial charge on any atom is 0.193 e. The van der Waals surface area contributed by atoms with Crippen molar-refractivity contribution in [2.45, 2.75) is 20.0 Å². The molecule has 142 valence electrons. The molecule has 3 aromatic rings. The Morgan fingerprint density at radius 1 is 1.30 bits per heavy atom. The molecule has 0 spiro atoms. The zero-order valence-electron chi connectivity index (χ0n) is 16.1. The van der Waals surface area contributed by atoms with Crippen LogP contribution in [-0.4, -0.2) is 51.2 Å². The number of nitrogens with one attached hydrogen (secondary N) is 2. The van der Waals surface area contributed by atoms with Crippen LogP contribution in [0.15, 0.2) is 60.0 Å². The van der Waals surface area contributed by atoms with E-state index in [-0.39, 0.29) is 0 Å². The third-order valence-electron chi connectivity index (χ3n) is 4.34. The van der Waals surface area contributed by atoms with Crippen molar-refractivity contribution in [2.75, 3.05) is 20.6 Å². The lowest BCUT2D eigenvalue weighted by molar-refractivity contribution is 0.420. The highest BCUT2D eigenvalue weighted by Gasteiger charge is 2.11. The van der Waals surface area contributed by atoms with Crippen molar-refractivity contribution >= 4 is 5.96 Å². The molecule has 1 aromatic carbocycles. The van der Waals surface area contributed by atoms with Crippen molar-refractivity contribution in [1.29, 1.82) is 0 Å². The van der Waals surface area contributed by atoms with E-state index in [1.165, 1.54) is 0 Å². The second-order valence-corrected chi connectivity index (χ2v) is 6.73. The van der Waals surface area contributed by atoms with Gasteiger partial charge in [0.25, 0.3) is 0 Å². The van der Waals surface area contributed by atoms with Crippen LogP contribution in [0.1, 0.15) is 12.7 Å². The van der Waals surface area contributed by atoms with Gasteiger partial charge in [0.05, 0.1) is 18.4 Å². The van der Waals surface area contributed by atoms with Gasteiger partial charge in [-0.15, -0.1) is 0 Å². The summed E-state index contributed by atoms with van der Waals surface area (Å²) in [5.74, 6) is 2.19. The van der Waals surface area contributed by atoms with E-state index in [4.69, 9.17) is 0 Å². The summed E-state index contributed by atoms with van der Waals surface area (Å²) in [6.07, 6.45) is 5.67. The Morgan fingerprint density at radius 3 is 2.81 bits per heavy atom. The fourth-order valence-electron chi connectivity index (χ4n) is 2.95. The molecule has 7 nitrogen and oxygen atoms in total. The number of aliphatic imine (C=N–C) groups is 1. The molecule has 1 unspecified atom stereocenters. The normalized spacial score (nSPS) is 12.8. The van der Waals surface area contributed by atoms with Gasteiger partial charge in [0.15, 0.2) is 5.96 Å². The molecule has 0 saturated heterocycles. The zero-order chi connectivity index (χ0) is 19.1.